The van der Waals surface area contributed by atoms with Gasteiger partial charge in [-0.2, -0.15) is 13.2 Å². The summed E-state index contributed by atoms with van der Waals surface area (Å²) in [4.78, 5) is 9.96. The van der Waals surface area contributed by atoms with Crippen molar-refractivity contribution in [1.29, 1.82) is 0 Å². The predicted octanol–water partition coefficient (Wildman–Crippen LogP) is 2.82. The number of rotatable bonds is 1. The standard InChI is InChI=1S/C6H3F3O3S/c7-6(8,9)3-1-2-13-4(3)12-5(10)11/h1-2H,(H,10,11). The second-order valence-corrected chi connectivity index (χ2v) is 2.87. The fraction of sp³-hybridized carbons (Fsp3) is 0.167. The van der Waals surface area contributed by atoms with Gasteiger partial charge in [-0.1, -0.05) is 0 Å². The van der Waals surface area contributed by atoms with Gasteiger partial charge in [-0.3, -0.25) is 0 Å². The second-order valence-electron chi connectivity index (χ2n) is 1.99. The molecule has 0 radical (unpaired) electrons. The van der Waals surface area contributed by atoms with Gasteiger partial charge in [-0.25, -0.2) is 4.79 Å². The second kappa shape index (κ2) is 3.25. The van der Waals surface area contributed by atoms with Crippen LogP contribution in [0.5, 0.6) is 5.06 Å². The highest BCUT2D eigenvalue weighted by atomic mass is 32.1. The maximum absolute atomic E-state index is 12.1. The van der Waals surface area contributed by atoms with E-state index in [2.05, 4.69) is 4.74 Å². The smallest absolute Gasteiger partial charge is 0.449 e. The highest BCUT2D eigenvalue weighted by Gasteiger charge is 2.35. The molecule has 13 heavy (non-hydrogen) atoms. The van der Waals surface area contributed by atoms with Crippen molar-refractivity contribution in [3.63, 3.8) is 0 Å². The number of hydrogen-bond acceptors (Lipinski definition) is 3. The van der Waals surface area contributed by atoms with Gasteiger partial charge in [0.15, 0.2) is 5.06 Å². The van der Waals surface area contributed by atoms with Crippen molar-refractivity contribution in [3.05, 3.63) is 17.0 Å². The summed E-state index contributed by atoms with van der Waals surface area (Å²) in [6.45, 7) is 0. The zero-order chi connectivity index (χ0) is 10.1. The molecule has 1 rings (SSSR count). The minimum Gasteiger partial charge on any atom is -0.449 e. The van der Waals surface area contributed by atoms with E-state index in [1.165, 1.54) is 0 Å². The Morgan fingerprint density at radius 3 is 2.62 bits per heavy atom. The monoisotopic (exact) mass is 212 g/mol. The molecule has 1 aromatic heterocycles. The number of alkyl halides is 3. The Labute approximate surface area is 74.4 Å². The average molecular weight is 212 g/mol. The average Bonchev–Trinajstić information content (AvgIpc) is 2.31. The number of carboxylic acid groups (broad SMARTS) is 1. The van der Waals surface area contributed by atoms with Crippen molar-refractivity contribution < 1.29 is 27.8 Å². The third-order valence-corrected chi connectivity index (χ3v) is 1.90. The lowest BCUT2D eigenvalue weighted by molar-refractivity contribution is -0.138. The summed E-state index contributed by atoms with van der Waals surface area (Å²) in [5.74, 6) is 0. The molecule has 1 N–H and O–H groups in total. The van der Waals surface area contributed by atoms with E-state index in [0.29, 0.717) is 11.3 Å². The Morgan fingerprint density at radius 1 is 1.54 bits per heavy atom. The van der Waals surface area contributed by atoms with Gasteiger partial charge in [0.05, 0.1) is 0 Å². The molecular weight excluding hydrogens is 209 g/mol. The summed E-state index contributed by atoms with van der Waals surface area (Å²) >= 11 is 0.582. The minimum absolute atomic E-state index is 0.582. The van der Waals surface area contributed by atoms with E-state index >= 15 is 0 Å². The van der Waals surface area contributed by atoms with Gasteiger partial charge in [0, 0.05) is 0 Å². The Balaban J connectivity index is 2.96. The molecule has 0 aliphatic carbocycles. The lowest BCUT2D eigenvalue weighted by Crippen LogP contribution is -2.09. The van der Waals surface area contributed by atoms with Crippen LogP contribution in [0.25, 0.3) is 0 Å². The van der Waals surface area contributed by atoms with Gasteiger partial charge in [-0.05, 0) is 11.4 Å². The molecule has 0 aliphatic heterocycles. The SMILES string of the molecule is O=C(O)Oc1sccc1C(F)(F)F. The van der Waals surface area contributed by atoms with Crippen molar-refractivity contribution >= 4 is 17.5 Å². The van der Waals surface area contributed by atoms with E-state index in [4.69, 9.17) is 5.11 Å². The molecule has 0 unspecified atom stereocenters. The zero-order valence-corrected chi connectivity index (χ0v) is 6.78. The number of ether oxygens (including phenoxy) is 1. The first-order valence-electron chi connectivity index (χ1n) is 2.96. The summed E-state index contributed by atoms with van der Waals surface area (Å²) in [7, 11) is 0. The van der Waals surface area contributed by atoms with E-state index in [9.17, 15) is 18.0 Å². The lowest BCUT2D eigenvalue weighted by Gasteiger charge is -2.05. The lowest BCUT2D eigenvalue weighted by atomic mass is 10.3. The molecule has 0 amide bonds. The number of hydrogen-bond donors (Lipinski definition) is 1. The van der Waals surface area contributed by atoms with Gasteiger partial charge >= 0.3 is 12.3 Å². The number of thiophene rings is 1. The Bertz CT molecular complexity index is 317. The van der Waals surface area contributed by atoms with Crippen LogP contribution in [-0.4, -0.2) is 11.3 Å². The van der Waals surface area contributed by atoms with Crippen LogP contribution in [0.4, 0.5) is 18.0 Å². The topological polar surface area (TPSA) is 46.5 Å². The summed E-state index contributed by atoms with van der Waals surface area (Å²) < 4.78 is 40.1. The normalized spacial score (nSPS) is 11.3. The molecule has 0 aliphatic rings. The van der Waals surface area contributed by atoms with Crippen molar-refractivity contribution in [2.45, 2.75) is 6.18 Å². The molecule has 0 spiro atoms. The molecule has 0 saturated heterocycles. The molecule has 0 saturated carbocycles. The Morgan fingerprint density at radius 2 is 2.15 bits per heavy atom. The predicted molar refractivity (Wildman–Crippen MR) is 38.0 cm³/mol. The van der Waals surface area contributed by atoms with Crippen molar-refractivity contribution in [2.75, 3.05) is 0 Å². The van der Waals surface area contributed by atoms with Crippen LogP contribution in [0.2, 0.25) is 0 Å². The Kier molecular flexibility index (Phi) is 2.46. The molecule has 0 bridgehead atoms. The van der Waals surface area contributed by atoms with E-state index in [0.717, 1.165) is 11.4 Å². The van der Waals surface area contributed by atoms with Crippen LogP contribution in [-0.2, 0) is 6.18 Å². The van der Waals surface area contributed by atoms with Crippen LogP contribution in [0, 0.1) is 0 Å². The van der Waals surface area contributed by atoms with Gasteiger partial charge in [0.1, 0.15) is 5.56 Å². The van der Waals surface area contributed by atoms with Crippen LogP contribution in [0.1, 0.15) is 5.56 Å². The fourth-order valence-corrected chi connectivity index (χ4v) is 1.42. The van der Waals surface area contributed by atoms with Gasteiger partial charge < -0.3 is 9.84 Å². The quantitative estimate of drug-likeness (QED) is 0.728. The maximum atomic E-state index is 12.1. The molecular formula is C6H3F3O3S. The van der Waals surface area contributed by atoms with E-state index in [-0.39, 0.29) is 0 Å². The van der Waals surface area contributed by atoms with Crippen LogP contribution in [0.3, 0.4) is 0 Å². The summed E-state index contributed by atoms with van der Waals surface area (Å²) in [6.07, 6.45) is -6.34. The maximum Gasteiger partial charge on any atom is 0.512 e. The van der Waals surface area contributed by atoms with Gasteiger partial charge in [0.25, 0.3) is 0 Å². The fourth-order valence-electron chi connectivity index (χ4n) is 0.664. The molecule has 3 nitrogen and oxygen atoms in total. The molecule has 0 fully saturated rings. The zero-order valence-electron chi connectivity index (χ0n) is 5.96. The van der Waals surface area contributed by atoms with Crippen LogP contribution < -0.4 is 4.74 Å². The summed E-state index contributed by atoms with van der Waals surface area (Å²) in [5.41, 5.74) is -1.07. The molecule has 1 aromatic rings. The van der Waals surface area contributed by atoms with Crippen molar-refractivity contribution in [1.82, 2.24) is 0 Å². The third-order valence-electron chi connectivity index (χ3n) is 1.12. The van der Waals surface area contributed by atoms with E-state index < -0.39 is 23.0 Å². The molecule has 7 heteroatoms. The van der Waals surface area contributed by atoms with Crippen molar-refractivity contribution in [3.8, 4) is 5.06 Å². The first kappa shape index (κ1) is 9.85. The number of halogens is 3. The molecule has 1 heterocycles. The van der Waals surface area contributed by atoms with Crippen LogP contribution >= 0.6 is 11.3 Å². The van der Waals surface area contributed by atoms with Crippen LogP contribution in [0.15, 0.2) is 11.4 Å². The summed E-state index contributed by atoms with van der Waals surface area (Å²) in [6, 6.07) is 0.767. The third kappa shape index (κ3) is 2.35. The van der Waals surface area contributed by atoms with Crippen molar-refractivity contribution in [2.24, 2.45) is 0 Å². The largest absolute Gasteiger partial charge is 0.512 e. The number of carbonyl (C=O) groups is 1. The minimum atomic E-state index is -4.58. The summed E-state index contributed by atoms with van der Waals surface area (Å²) in [5, 5.41) is 8.55. The first-order valence-corrected chi connectivity index (χ1v) is 3.84. The van der Waals surface area contributed by atoms with Gasteiger partial charge in [0.2, 0.25) is 0 Å². The molecule has 0 atom stereocenters. The van der Waals surface area contributed by atoms with E-state index in [1.807, 2.05) is 0 Å². The van der Waals surface area contributed by atoms with Gasteiger partial charge in [-0.15, -0.1) is 11.3 Å². The highest BCUT2D eigenvalue weighted by molar-refractivity contribution is 7.12. The molecule has 0 aromatic carbocycles. The highest BCUT2D eigenvalue weighted by Crippen LogP contribution is 2.39. The van der Waals surface area contributed by atoms with E-state index in [1.54, 1.807) is 0 Å². The first-order chi connectivity index (χ1) is 5.91. The Hall–Kier alpha value is -1.24. The molecule has 72 valence electrons.